The predicted molar refractivity (Wildman–Crippen MR) is 32.5 cm³/mol. The van der Waals surface area contributed by atoms with E-state index in [-0.39, 0.29) is 6.15 Å². The van der Waals surface area contributed by atoms with E-state index in [2.05, 4.69) is 4.18 Å². The molecule has 0 aromatic heterocycles. The summed E-state index contributed by atoms with van der Waals surface area (Å²) in [5, 5.41) is 0. The van der Waals surface area contributed by atoms with Gasteiger partial charge in [-0.2, -0.15) is 16.8 Å². The molecule has 0 aromatic rings. The molecule has 0 radical (unpaired) electrons. The van der Waals surface area contributed by atoms with Gasteiger partial charge in [-0.05, 0) is 0 Å². The third kappa shape index (κ3) is 2.58. The Labute approximate surface area is 57.9 Å². The van der Waals surface area contributed by atoms with Crippen LogP contribution >= 0.6 is 0 Å². The first-order chi connectivity index (χ1) is 3.81. The van der Waals surface area contributed by atoms with Crippen molar-refractivity contribution < 1.29 is 25.6 Å². The highest BCUT2D eigenvalue weighted by atomic mass is 33.2. The SMILES string of the molecule is COS(=O)(=O)S(=O)(=O)O.N. The van der Waals surface area contributed by atoms with E-state index < -0.39 is 18.3 Å². The molecule has 0 spiro atoms. The summed E-state index contributed by atoms with van der Waals surface area (Å²) < 4.78 is 50.6. The van der Waals surface area contributed by atoms with Crippen molar-refractivity contribution in [3.05, 3.63) is 0 Å². The monoisotopic (exact) mass is 193 g/mol. The first-order valence-electron chi connectivity index (χ1n) is 1.59. The molecule has 0 saturated heterocycles. The first kappa shape index (κ1) is 12.5. The van der Waals surface area contributed by atoms with Gasteiger partial charge in [0, 0.05) is 0 Å². The van der Waals surface area contributed by atoms with E-state index in [1.807, 2.05) is 0 Å². The average Bonchev–Trinajstić information content (AvgIpc) is 1.64. The zero-order valence-corrected chi connectivity index (χ0v) is 6.65. The van der Waals surface area contributed by atoms with Gasteiger partial charge in [-0.15, -0.1) is 0 Å². The fraction of sp³-hybridized carbons (Fsp3) is 1.00. The van der Waals surface area contributed by atoms with Crippen LogP contribution in [0.4, 0.5) is 0 Å². The quantitative estimate of drug-likeness (QED) is 0.421. The highest BCUT2D eigenvalue weighted by Crippen LogP contribution is 1.98. The normalized spacial score (nSPS) is 12.2. The maximum absolute atomic E-state index is 9.96. The Balaban J connectivity index is 0. The Kier molecular flexibility index (Phi) is 4.05. The molecule has 0 aliphatic rings. The van der Waals surface area contributed by atoms with Crippen molar-refractivity contribution in [2.45, 2.75) is 0 Å². The summed E-state index contributed by atoms with van der Waals surface area (Å²) in [5.41, 5.74) is 0. The van der Waals surface area contributed by atoms with Crippen molar-refractivity contribution in [1.29, 1.82) is 0 Å². The van der Waals surface area contributed by atoms with Gasteiger partial charge < -0.3 is 6.15 Å². The van der Waals surface area contributed by atoms with Gasteiger partial charge in [-0.1, -0.05) is 0 Å². The molecular formula is CH7NO6S2. The molecule has 0 aromatic carbocycles. The molecular weight excluding hydrogens is 186 g/mol. The van der Waals surface area contributed by atoms with Crippen LogP contribution in [0.5, 0.6) is 0 Å². The molecule has 9 heteroatoms. The lowest BCUT2D eigenvalue weighted by atomic mass is 11.8. The molecule has 0 aliphatic heterocycles. The molecule has 4 N–H and O–H groups in total. The van der Waals surface area contributed by atoms with Crippen LogP contribution in [0.1, 0.15) is 0 Å². The van der Waals surface area contributed by atoms with E-state index in [4.69, 9.17) is 4.55 Å². The van der Waals surface area contributed by atoms with Crippen molar-refractivity contribution >= 4 is 18.3 Å². The van der Waals surface area contributed by atoms with Gasteiger partial charge in [0.25, 0.3) is 0 Å². The second-order valence-electron chi connectivity index (χ2n) is 1.00. The summed E-state index contributed by atoms with van der Waals surface area (Å²) >= 11 is 0. The molecule has 10 heavy (non-hydrogen) atoms. The van der Waals surface area contributed by atoms with E-state index in [0.29, 0.717) is 7.11 Å². The number of rotatable bonds is 2. The molecule has 0 fully saturated rings. The minimum atomic E-state index is -5.10. The third-order valence-corrected chi connectivity index (χ3v) is 3.34. The maximum atomic E-state index is 9.96. The van der Waals surface area contributed by atoms with Crippen LogP contribution in [0.25, 0.3) is 0 Å². The van der Waals surface area contributed by atoms with E-state index in [1.54, 1.807) is 0 Å². The number of hydrogen-bond acceptors (Lipinski definition) is 6. The molecule has 64 valence electrons. The van der Waals surface area contributed by atoms with Crippen molar-refractivity contribution in [2.24, 2.45) is 0 Å². The van der Waals surface area contributed by atoms with E-state index in [0.717, 1.165) is 0 Å². The fourth-order valence-corrected chi connectivity index (χ4v) is 0.774. The largest absolute Gasteiger partial charge is 0.399 e. The molecule has 0 saturated carbocycles. The Bertz CT molecular complexity index is 271. The molecule has 7 nitrogen and oxygen atoms in total. The minimum Gasteiger partial charge on any atom is -0.344 e. The highest BCUT2D eigenvalue weighted by Gasteiger charge is 2.26. The van der Waals surface area contributed by atoms with Gasteiger partial charge in [0.2, 0.25) is 0 Å². The van der Waals surface area contributed by atoms with Crippen LogP contribution in [0.2, 0.25) is 0 Å². The lowest BCUT2D eigenvalue weighted by molar-refractivity contribution is 0.399. The van der Waals surface area contributed by atoms with Crippen molar-refractivity contribution in [3.8, 4) is 0 Å². The zero-order valence-electron chi connectivity index (χ0n) is 5.01. The van der Waals surface area contributed by atoms with Crippen molar-refractivity contribution in [2.75, 3.05) is 7.11 Å². The van der Waals surface area contributed by atoms with E-state index in [1.165, 1.54) is 0 Å². The van der Waals surface area contributed by atoms with Gasteiger partial charge in [0.05, 0.1) is 7.11 Å². The van der Waals surface area contributed by atoms with Crippen LogP contribution in [-0.4, -0.2) is 28.5 Å². The van der Waals surface area contributed by atoms with Crippen molar-refractivity contribution in [3.63, 3.8) is 0 Å². The van der Waals surface area contributed by atoms with Crippen LogP contribution in [0.3, 0.4) is 0 Å². The Morgan fingerprint density at radius 3 is 1.50 bits per heavy atom. The summed E-state index contributed by atoms with van der Waals surface area (Å²) in [4.78, 5) is 0. The summed E-state index contributed by atoms with van der Waals surface area (Å²) in [6, 6.07) is 0. The molecule has 0 amide bonds. The van der Waals surface area contributed by atoms with Crippen molar-refractivity contribution in [1.82, 2.24) is 6.15 Å². The van der Waals surface area contributed by atoms with E-state index in [9.17, 15) is 16.8 Å². The lowest BCUT2D eigenvalue weighted by Gasteiger charge is -1.92. The standard InChI is InChI=1S/CH4O6S2.H3N/c1-7-9(5,6)8(2,3)4;/h1H3,(H,2,3,4);1H3. The van der Waals surface area contributed by atoms with Crippen LogP contribution < -0.4 is 6.15 Å². The summed E-state index contributed by atoms with van der Waals surface area (Å²) in [6.45, 7) is 0. The Morgan fingerprint density at radius 1 is 1.20 bits per heavy atom. The fourth-order valence-electron chi connectivity index (χ4n) is 0.0860. The van der Waals surface area contributed by atoms with Gasteiger partial charge in [-0.25, -0.2) is 0 Å². The summed E-state index contributed by atoms with van der Waals surface area (Å²) in [6.07, 6.45) is 0. The summed E-state index contributed by atoms with van der Waals surface area (Å²) in [7, 11) is -9.28. The zero-order chi connectivity index (χ0) is 7.71. The highest BCUT2D eigenvalue weighted by molar-refractivity contribution is 8.63. The first-order valence-corrected chi connectivity index (χ1v) is 4.96. The van der Waals surface area contributed by atoms with Crippen LogP contribution in [-0.2, 0) is 22.5 Å². The minimum absolute atomic E-state index is 0. The third-order valence-electron chi connectivity index (χ3n) is 0.462. The smallest absolute Gasteiger partial charge is 0.344 e. The average molecular weight is 193 g/mol. The molecule has 0 heterocycles. The number of hydrogen-bond donors (Lipinski definition) is 2. The van der Waals surface area contributed by atoms with Gasteiger partial charge in [0.1, 0.15) is 0 Å². The Hall–Kier alpha value is -0.220. The second kappa shape index (κ2) is 3.25. The topological polar surface area (TPSA) is 133 Å². The molecule has 0 rings (SSSR count). The second-order valence-corrected chi connectivity index (χ2v) is 5.50. The van der Waals surface area contributed by atoms with Gasteiger partial charge >= 0.3 is 18.3 Å². The van der Waals surface area contributed by atoms with Gasteiger partial charge in [-0.3, -0.25) is 8.74 Å². The molecule has 0 bridgehead atoms. The molecule has 0 atom stereocenters. The predicted octanol–water partition coefficient (Wildman–Crippen LogP) is -1.07. The molecule has 0 aliphatic carbocycles. The Morgan fingerprint density at radius 2 is 1.50 bits per heavy atom. The van der Waals surface area contributed by atoms with Gasteiger partial charge in [0.15, 0.2) is 0 Å². The molecule has 0 unspecified atom stereocenters. The van der Waals surface area contributed by atoms with Crippen LogP contribution in [0.15, 0.2) is 0 Å². The maximum Gasteiger partial charge on any atom is 0.399 e. The van der Waals surface area contributed by atoms with Crippen LogP contribution in [0, 0.1) is 0 Å². The lowest BCUT2D eigenvalue weighted by Crippen LogP contribution is -2.14. The van der Waals surface area contributed by atoms with E-state index >= 15 is 0 Å². The summed E-state index contributed by atoms with van der Waals surface area (Å²) in [5.74, 6) is 0.